The van der Waals surface area contributed by atoms with Crippen molar-refractivity contribution in [2.75, 3.05) is 5.32 Å². The van der Waals surface area contributed by atoms with Crippen LogP contribution in [-0.2, 0) is 5.41 Å². The van der Waals surface area contributed by atoms with Crippen LogP contribution in [0, 0.1) is 0 Å². The van der Waals surface area contributed by atoms with Crippen molar-refractivity contribution in [3.63, 3.8) is 0 Å². The van der Waals surface area contributed by atoms with Crippen LogP contribution in [0.25, 0.3) is 53.2 Å². The van der Waals surface area contributed by atoms with Crippen molar-refractivity contribution in [3.8, 4) is 22.3 Å². The molecule has 1 N–H and O–H groups in total. The maximum absolute atomic E-state index is 3.73. The third kappa shape index (κ3) is 3.32. The molecule has 2 heteroatoms. The SMILES string of the molecule is CC1(C)c2ccccc2-c2c(-c3ccc(Nc4cccc5c4sc4c6ccccc6ccc54)cc3)cccc21. The van der Waals surface area contributed by atoms with Gasteiger partial charge in [-0.3, -0.25) is 0 Å². The van der Waals surface area contributed by atoms with Gasteiger partial charge in [-0.25, -0.2) is 0 Å². The molecule has 0 radical (unpaired) electrons. The van der Waals surface area contributed by atoms with E-state index in [-0.39, 0.29) is 5.41 Å². The summed E-state index contributed by atoms with van der Waals surface area (Å²) in [6, 6.07) is 44.4. The molecule has 0 unspecified atom stereocenters. The molecule has 0 atom stereocenters. The molecule has 1 aliphatic carbocycles. The topological polar surface area (TPSA) is 12.0 Å². The number of hydrogen-bond donors (Lipinski definition) is 1. The second-order valence-corrected chi connectivity index (χ2v) is 12.1. The van der Waals surface area contributed by atoms with E-state index < -0.39 is 0 Å². The van der Waals surface area contributed by atoms with Gasteiger partial charge in [-0.1, -0.05) is 117 Å². The van der Waals surface area contributed by atoms with Crippen molar-refractivity contribution in [1.29, 1.82) is 0 Å². The zero-order valence-electron chi connectivity index (χ0n) is 22.0. The van der Waals surface area contributed by atoms with Gasteiger partial charge in [-0.15, -0.1) is 11.3 Å². The Kier molecular flexibility index (Phi) is 4.80. The molecule has 39 heavy (non-hydrogen) atoms. The molecule has 0 saturated carbocycles. The van der Waals surface area contributed by atoms with Crippen molar-refractivity contribution in [1.82, 2.24) is 0 Å². The second kappa shape index (κ2) is 8.30. The molecule has 1 nitrogen and oxygen atoms in total. The Bertz CT molecular complexity index is 2060. The van der Waals surface area contributed by atoms with Gasteiger partial charge in [-0.2, -0.15) is 0 Å². The lowest BCUT2D eigenvalue weighted by Crippen LogP contribution is -2.14. The van der Waals surface area contributed by atoms with Crippen molar-refractivity contribution in [2.45, 2.75) is 19.3 Å². The smallest absolute Gasteiger partial charge is 0.0590 e. The van der Waals surface area contributed by atoms with E-state index in [9.17, 15) is 0 Å². The first-order valence-corrected chi connectivity index (χ1v) is 14.3. The molecular formula is C37H27NS. The number of fused-ring (bicyclic) bond motifs is 8. The van der Waals surface area contributed by atoms with Crippen LogP contribution in [0.5, 0.6) is 0 Å². The molecule has 0 aliphatic heterocycles. The summed E-state index contributed by atoms with van der Waals surface area (Å²) in [5, 5.41) is 8.98. The summed E-state index contributed by atoms with van der Waals surface area (Å²) < 4.78 is 2.65. The monoisotopic (exact) mass is 517 g/mol. The van der Waals surface area contributed by atoms with Gasteiger partial charge in [0.2, 0.25) is 0 Å². The molecule has 186 valence electrons. The molecule has 1 aromatic heterocycles. The fourth-order valence-electron chi connectivity index (χ4n) is 6.51. The minimum absolute atomic E-state index is 0.0116. The van der Waals surface area contributed by atoms with Gasteiger partial charge in [0.05, 0.1) is 10.4 Å². The predicted octanol–water partition coefficient (Wildman–Crippen LogP) is 10.9. The number of anilines is 2. The first-order chi connectivity index (χ1) is 19.1. The van der Waals surface area contributed by atoms with Gasteiger partial charge in [0, 0.05) is 26.6 Å². The van der Waals surface area contributed by atoms with E-state index in [1.54, 1.807) is 0 Å². The molecule has 0 fully saturated rings. The molecule has 7 aromatic rings. The van der Waals surface area contributed by atoms with Crippen molar-refractivity contribution in [2.24, 2.45) is 0 Å². The highest BCUT2D eigenvalue weighted by molar-refractivity contribution is 7.27. The van der Waals surface area contributed by atoms with Gasteiger partial charge in [0.25, 0.3) is 0 Å². The highest BCUT2D eigenvalue weighted by Crippen LogP contribution is 2.52. The third-order valence-electron chi connectivity index (χ3n) is 8.47. The zero-order valence-corrected chi connectivity index (χ0v) is 22.8. The Morgan fingerprint density at radius 2 is 1.23 bits per heavy atom. The average Bonchev–Trinajstić information content (AvgIpc) is 3.48. The van der Waals surface area contributed by atoms with Gasteiger partial charge < -0.3 is 5.32 Å². The predicted molar refractivity (Wildman–Crippen MR) is 170 cm³/mol. The summed E-state index contributed by atoms with van der Waals surface area (Å²) in [6.07, 6.45) is 0. The first-order valence-electron chi connectivity index (χ1n) is 13.5. The van der Waals surface area contributed by atoms with Crippen LogP contribution in [0.3, 0.4) is 0 Å². The fourth-order valence-corrected chi connectivity index (χ4v) is 7.81. The number of hydrogen-bond acceptors (Lipinski definition) is 2. The zero-order chi connectivity index (χ0) is 26.1. The Labute approximate surface area is 232 Å². The average molecular weight is 518 g/mol. The normalized spacial score (nSPS) is 13.6. The first kappa shape index (κ1) is 22.6. The summed E-state index contributed by atoms with van der Waals surface area (Å²) >= 11 is 1.88. The standard InChI is InChI=1S/C37H27NS/c1-37(2)31-14-6-5-11-30(31)34-26(12-7-15-32(34)37)24-17-20-25(21-18-24)38-33-16-8-13-28-29-22-19-23-9-3-4-10-27(23)35(29)39-36(28)33/h3-22,38H,1-2H3. The largest absolute Gasteiger partial charge is 0.354 e. The number of rotatable bonds is 3. The van der Waals surface area contributed by atoms with Crippen LogP contribution in [0.4, 0.5) is 11.4 Å². The van der Waals surface area contributed by atoms with E-state index in [1.165, 1.54) is 64.3 Å². The lowest BCUT2D eigenvalue weighted by molar-refractivity contribution is 0.660. The lowest BCUT2D eigenvalue weighted by atomic mass is 9.82. The highest BCUT2D eigenvalue weighted by Gasteiger charge is 2.36. The van der Waals surface area contributed by atoms with Crippen LogP contribution in [0.15, 0.2) is 121 Å². The van der Waals surface area contributed by atoms with Gasteiger partial charge in [0.15, 0.2) is 0 Å². The van der Waals surface area contributed by atoms with E-state index in [4.69, 9.17) is 0 Å². The molecular weight excluding hydrogens is 490 g/mol. The van der Waals surface area contributed by atoms with Crippen molar-refractivity contribution >= 4 is 53.7 Å². The molecule has 0 bridgehead atoms. The van der Waals surface area contributed by atoms with Crippen molar-refractivity contribution < 1.29 is 0 Å². The summed E-state index contributed by atoms with van der Waals surface area (Å²) in [5.74, 6) is 0. The van der Waals surface area contributed by atoms with E-state index >= 15 is 0 Å². The molecule has 0 amide bonds. The summed E-state index contributed by atoms with van der Waals surface area (Å²) in [6.45, 7) is 4.68. The van der Waals surface area contributed by atoms with E-state index in [2.05, 4.69) is 140 Å². The van der Waals surface area contributed by atoms with Crippen molar-refractivity contribution in [3.05, 3.63) is 132 Å². The molecule has 0 saturated heterocycles. The van der Waals surface area contributed by atoms with Gasteiger partial charge in [-0.05, 0) is 62.4 Å². The quantitative estimate of drug-likeness (QED) is 0.246. The molecule has 6 aromatic carbocycles. The molecule has 0 spiro atoms. The Balaban J connectivity index is 1.19. The lowest BCUT2D eigenvalue weighted by Gasteiger charge is -2.21. The molecule has 8 rings (SSSR count). The Hall–Kier alpha value is -4.40. The third-order valence-corrected chi connectivity index (χ3v) is 9.76. The Morgan fingerprint density at radius 3 is 2.13 bits per heavy atom. The fraction of sp³-hybridized carbons (Fsp3) is 0.0811. The minimum Gasteiger partial charge on any atom is -0.354 e. The van der Waals surface area contributed by atoms with Crippen LogP contribution in [-0.4, -0.2) is 0 Å². The van der Waals surface area contributed by atoms with Crippen LogP contribution in [0.1, 0.15) is 25.0 Å². The maximum Gasteiger partial charge on any atom is 0.0590 e. The molecule has 1 heterocycles. The number of nitrogens with one attached hydrogen (secondary N) is 1. The number of thiophene rings is 1. The van der Waals surface area contributed by atoms with E-state index in [1.807, 2.05) is 11.3 Å². The Morgan fingerprint density at radius 1 is 0.538 bits per heavy atom. The van der Waals surface area contributed by atoms with Gasteiger partial charge in [0.1, 0.15) is 0 Å². The minimum atomic E-state index is 0.0116. The summed E-state index contributed by atoms with van der Waals surface area (Å²) in [7, 11) is 0. The van der Waals surface area contributed by atoms with Crippen LogP contribution in [0.2, 0.25) is 0 Å². The number of benzene rings is 6. The van der Waals surface area contributed by atoms with Crippen LogP contribution < -0.4 is 5.32 Å². The summed E-state index contributed by atoms with van der Waals surface area (Å²) in [5.41, 5.74) is 10.4. The molecule has 1 aliphatic rings. The second-order valence-electron chi connectivity index (χ2n) is 11.0. The van der Waals surface area contributed by atoms with Crippen LogP contribution >= 0.6 is 11.3 Å². The summed E-state index contributed by atoms with van der Waals surface area (Å²) in [4.78, 5) is 0. The highest BCUT2D eigenvalue weighted by atomic mass is 32.1. The van der Waals surface area contributed by atoms with E-state index in [0.717, 1.165) is 11.4 Å². The maximum atomic E-state index is 3.73. The van der Waals surface area contributed by atoms with Gasteiger partial charge >= 0.3 is 0 Å². The van der Waals surface area contributed by atoms with E-state index in [0.29, 0.717) is 0 Å².